The highest BCUT2D eigenvalue weighted by atomic mass is 16.5. The molecule has 220 valence electrons. The van der Waals surface area contributed by atoms with Crippen LogP contribution < -0.4 is 10.6 Å². The number of carbonyl (C=O) groups excluding carboxylic acids is 2. The third-order valence-corrected chi connectivity index (χ3v) is 6.76. The molecule has 0 fully saturated rings. The normalized spacial score (nSPS) is 11.6. The lowest BCUT2D eigenvalue weighted by Gasteiger charge is -2.13. The molecule has 5 rings (SSSR count). The molecule has 3 heterocycles. The average molecular weight is 578 g/mol. The quantitative estimate of drug-likeness (QED) is 0.166. The van der Waals surface area contributed by atoms with Crippen LogP contribution in [-0.4, -0.2) is 63.0 Å². The zero-order valence-corrected chi connectivity index (χ0v) is 25.2. The van der Waals surface area contributed by atoms with Crippen LogP contribution in [0, 0.1) is 6.92 Å². The second-order valence-corrected chi connectivity index (χ2v) is 10.9. The standard InChI is InChI=1S/C33H35N7O3/c1-20(2)43-32(42)25-18-34-33(38-31(25)26-19-40(6)29-11-8-7-10-24(26)29)36-23-13-14-27-22(16-23)17-28(21(3)35-27)37-30(41)12-9-15-39(4)5/h7-14,16-20H,15H2,1-6H3,(H,37,41)(H,34,36,38). The Hall–Kier alpha value is -5.09. The van der Waals surface area contributed by atoms with Gasteiger partial charge in [-0.1, -0.05) is 24.3 Å². The van der Waals surface area contributed by atoms with Crippen molar-refractivity contribution in [2.45, 2.75) is 26.9 Å². The topological polar surface area (TPSA) is 114 Å². The molecule has 0 atom stereocenters. The number of para-hydroxylation sites is 1. The highest BCUT2D eigenvalue weighted by molar-refractivity contribution is 6.03. The predicted octanol–water partition coefficient (Wildman–Crippen LogP) is 5.86. The van der Waals surface area contributed by atoms with Crippen molar-refractivity contribution in [1.82, 2.24) is 24.4 Å². The summed E-state index contributed by atoms with van der Waals surface area (Å²) in [5.41, 5.74) is 5.44. The second kappa shape index (κ2) is 12.4. The molecule has 43 heavy (non-hydrogen) atoms. The molecule has 0 aliphatic rings. The lowest BCUT2D eigenvalue weighted by molar-refractivity contribution is -0.111. The minimum Gasteiger partial charge on any atom is -0.459 e. The van der Waals surface area contributed by atoms with E-state index in [1.807, 2.05) is 98.3 Å². The van der Waals surface area contributed by atoms with Crippen LogP contribution in [0.3, 0.4) is 0 Å². The molecular formula is C33H35N7O3. The van der Waals surface area contributed by atoms with Gasteiger partial charge in [-0.25, -0.2) is 14.8 Å². The summed E-state index contributed by atoms with van der Waals surface area (Å²) in [6, 6.07) is 15.6. The Morgan fingerprint density at radius 1 is 1.09 bits per heavy atom. The molecule has 10 nitrogen and oxygen atoms in total. The van der Waals surface area contributed by atoms with Crippen LogP contribution in [0.25, 0.3) is 33.1 Å². The summed E-state index contributed by atoms with van der Waals surface area (Å²) in [5.74, 6) is -0.378. The first-order valence-corrected chi connectivity index (χ1v) is 14.0. The molecule has 0 radical (unpaired) electrons. The fraction of sp³-hybridized carbons (Fsp3) is 0.242. The number of hydrogen-bond donors (Lipinski definition) is 2. The summed E-state index contributed by atoms with van der Waals surface area (Å²) in [4.78, 5) is 41.4. The first-order chi connectivity index (χ1) is 20.6. The Bertz CT molecular complexity index is 1860. The van der Waals surface area contributed by atoms with Crippen LogP contribution >= 0.6 is 0 Å². The fourth-order valence-corrected chi connectivity index (χ4v) is 4.76. The molecule has 1 amide bonds. The third-order valence-electron chi connectivity index (χ3n) is 6.76. The largest absolute Gasteiger partial charge is 0.459 e. The number of rotatable bonds is 9. The maximum absolute atomic E-state index is 13.1. The SMILES string of the molecule is Cc1nc2ccc(Nc3ncc(C(=O)OC(C)C)c(-c4cn(C)c5ccccc45)n3)cc2cc1NC(=O)C=CCN(C)C. The first kappa shape index (κ1) is 29.4. The molecule has 10 heteroatoms. The van der Waals surface area contributed by atoms with Crippen molar-refractivity contribution in [3.63, 3.8) is 0 Å². The van der Waals surface area contributed by atoms with Gasteiger partial charge < -0.3 is 24.8 Å². The smallest absolute Gasteiger partial charge is 0.342 e. The second-order valence-electron chi connectivity index (χ2n) is 10.9. The Labute approximate surface area is 250 Å². The van der Waals surface area contributed by atoms with Gasteiger partial charge in [-0.2, -0.15) is 0 Å². The number of esters is 1. The van der Waals surface area contributed by atoms with Gasteiger partial charge in [0.2, 0.25) is 11.9 Å². The van der Waals surface area contributed by atoms with Crippen LogP contribution in [0.5, 0.6) is 0 Å². The number of benzene rings is 2. The number of carbonyl (C=O) groups is 2. The molecular weight excluding hydrogens is 542 g/mol. The highest BCUT2D eigenvalue weighted by Gasteiger charge is 2.22. The van der Waals surface area contributed by atoms with Gasteiger partial charge in [0, 0.05) is 59.6 Å². The number of likely N-dealkylation sites (N-methyl/N-ethyl adjacent to an activating group) is 1. The number of aromatic nitrogens is 4. The van der Waals surface area contributed by atoms with E-state index in [0.717, 1.165) is 38.8 Å². The summed E-state index contributed by atoms with van der Waals surface area (Å²) >= 11 is 0. The summed E-state index contributed by atoms with van der Waals surface area (Å²) in [6.45, 7) is 6.14. The number of anilines is 3. The number of amides is 1. The Kier molecular flexibility index (Phi) is 8.49. The van der Waals surface area contributed by atoms with E-state index in [-0.39, 0.29) is 17.6 Å². The molecule has 0 spiro atoms. The van der Waals surface area contributed by atoms with Crippen LogP contribution in [0.2, 0.25) is 0 Å². The van der Waals surface area contributed by atoms with Crippen molar-refractivity contribution in [2.24, 2.45) is 7.05 Å². The van der Waals surface area contributed by atoms with Gasteiger partial charge >= 0.3 is 5.97 Å². The molecule has 0 bridgehead atoms. The minimum absolute atomic E-state index is 0.217. The van der Waals surface area contributed by atoms with Crippen LogP contribution in [0.15, 0.2) is 73.1 Å². The molecule has 0 saturated carbocycles. The summed E-state index contributed by atoms with van der Waals surface area (Å²) in [5, 5.41) is 7.98. The van der Waals surface area contributed by atoms with E-state index < -0.39 is 5.97 Å². The molecule has 2 N–H and O–H groups in total. The first-order valence-electron chi connectivity index (χ1n) is 14.0. The number of pyridine rings is 1. The fourth-order valence-electron chi connectivity index (χ4n) is 4.76. The number of nitrogens with zero attached hydrogens (tertiary/aromatic N) is 5. The van der Waals surface area contributed by atoms with Crippen molar-refractivity contribution in [2.75, 3.05) is 31.3 Å². The molecule has 0 aliphatic carbocycles. The van der Waals surface area contributed by atoms with E-state index in [9.17, 15) is 9.59 Å². The molecule has 5 aromatic rings. The summed E-state index contributed by atoms with van der Waals surface area (Å²) in [6.07, 6.45) is 6.50. The number of hydrogen-bond acceptors (Lipinski definition) is 8. The van der Waals surface area contributed by atoms with Gasteiger partial charge in [-0.15, -0.1) is 0 Å². The highest BCUT2D eigenvalue weighted by Crippen LogP contribution is 2.33. The number of nitrogens with one attached hydrogen (secondary N) is 2. The van der Waals surface area contributed by atoms with Gasteiger partial charge in [0.1, 0.15) is 5.56 Å². The van der Waals surface area contributed by atoms with Gasteiger partial charge in [-0.05, 0) is 65.2 Å². The molecule has 3 aromatic heterocycles. The summed E-state index contributed by atoms with van der Waals surface area (Å²) < 4.78 is 7.52. The zero-order valence-electron chi connectivity index (χ0n) is 25.2. The van der Waals surface area contributed by atoms with E-state index in [2.05, 4.69) is 20.6 Å². The summed E-state index contributed by atoms with van der Waals surface area (Å²) in [7, 11) is 5.84. The minimum atomic E-state index is -0.484. The lowest BCUT2D eigenvalue weighted by atomic mass is 10.1. The van der Waals surface area contributed by atoms with Gasteiger partial charge in [-0.3, -0.25) is 9.78 Å². The van der Waals surface area contributed by atoms with Crippen molar-refractivity contribution in [1.29, 1.82) is 0 Å². The monoisotopic (exact) mass is 577 g/mol. The third kappa shape index (κ3) is 6.70. The van der Waals surface area contributed by atoms with E-state index in [1.54, 1.807) is 13.8 Å². The number of fused-ring (bicyclic) bond motifs is 2. The van der Waals surface area contributed by atoms with Crippen molar-refractivity contribution in [3.8, 4) is 11.3 Å². The molecule has 2 aromatic carbocycles. The van der Waals surface area contributed by atoms with Crippen LogP contribution in [-0.2, 0) is 16.6 Å². The zero-order chi connectivity index (χ0) is 30.7. The van der Waals surface area contributed by atoms with Gasteiger partial charge in [0.15, 0.2) is 0 Å². The van der Waals surface area contributed by atoms with Gasteiger partial charge in [0.25, 0.3) is 0 Å². The van der Waals surface area contributed by atoms with E-state index in [0.29, 0.717) is 23.9 Å². The van der Waals surface area contributed by atoms with Crippen molar-refractivity contribution in [3.05, 3.63) is 84.3 Å². The Morgan fingerprint density at radius 3 is 2.65 bits per heavy atom. The van der Waals surface area contributed by atoms with Gasteiger partial charge in [0.05, 0.1) is 28.7 Å². The number of ether oxygens (including phenoxy) is 1. The molecule has 0 unspecified atom stereocenters. The van der Waals surface area contributed by atoms with E-state index >= 15 is 0 Å². The Balaban J connectivity index is 1.48. The lowest BCUT2D eigenvalue weighted by Crippen LogP contribution is -2.14. The maximum Gasteiger partial charge on any atom is 0.342 e. The van der Waals surface area contributed by atoms with Crippen LogP contribution in [0.4, 0.5) is 17.3 Å². The maximum atomic E-state index is 13.1. The van der Waals surface area contributed by atoms with Crippen molar-refractivity contribution < 1.29 is 14.3 Å². The molecule has 0 saturated heterocycles. The van der Waals surface area contributed by atoms with E-state index in [4.69, 9.17) is 9.72 Å². The van der Waals surface area contributed by atoms with E-state index in [1.165, 1.54) is 12.3 Å². The number of aryl methyl sites for hydroxylation is 2. The Morgan fingerprint density at radius 2 is 1.88 bits per heavy atom. The average Bonchev–Trinajstić information content (AvgIpc) is 3.29. The van der Waals surface area contributed by atoms with Crippen LogP contribution in [0.1, 0.15) is 29.9 Å². The predicted molar refractivity (Wildman–Crippen MR) is 171 cm³/mol. The molecule has 0 aliphatic heterocycles. The van der Waals surface area contributed by atoms with Crippen molar-refractivity contribution >= 4 is 51.0 Å².